The van der Waals surface area contributed by atoms with Crippen LogP contribution in [0.5, 0.6) is 17.2 Å². The Morgan fingerprint density at radius 1 is 0.955 bits per heavy atom. The standard InChI is InChI=1S/C18H20O4/c1-3-21-13(2)22-18-8-6-14(7-9-18)4-5-15-10-16(19)12-17(20)11-15/h4-13,19-20H,3H2,1-2H3. The van der Waals surface area contributed by atoms with Crippen LogP contribution >= 0.6 is 0 Å². The minimum Gasteiger partial charge on any atom is -0.508 e. The summed E-state index contributed by atoms with van der Waals surface area (Å²) < 4.78 is 10.9. The van der Waals surface area contributed by atoms with Gasteiger partial charge in [-0.25, -0.2) is 0 Å². The maximum absolute atomic E-state index is 9.43. The largest absolute Gasteiger partial charge is 0.508 e. The fraction of sp³-hybridized carbons (Fsp3) is 0.222. The molecule has 0 amide bonds. The summed E-state index contributed by atoms with van der Waals surface area (Å²) in [4.78, 5) is 0. The van der Waals surface area contributed by atoms with Crippen molar-refractivity contribution in [1.29, 1.82) is 0 Å². The third-order valence-electron chi connectivity index (χ3n) is 2.98. The maximum Gasteiger partial charge on any atom is 0.196 e. The molecule has 1 unspecified atom stereocenters. The second kappa shape index (κ2) is 7.52. The van der Waals surface area contributed by atoms with Crippen LogP contribution in [0.3, 0.4) is 0 Å². The van der Waals surface area contributed by atoms with Crippen molar-refractivity contribution in [2.75, 3.05) is 6.61 Å². The van der Waals surface area contributed by atoms with Crippen LogP contribution in [0.25, 0.3) is 12.2 Å². The predicted molar refractivity (Wildman–Crippen MR) is 86.9 cm³/mol. The van der Waals surface area contributed by atoms with E-state index in [1.807, 2.05) is 50.3 Å². The number of hydrogen-bond donors (Lipinski definition) is 2. The summed E-state index contributed by atoms with van der Waals surface area (Å²) in [5.41, 5.74) is 1.71. The van der Waals surface area contributed by atoms with Gasteiger partial charge in [0.05, 0.1) is 0 Å². The van der Waals surface area contributed by atoms with Crippen molar-refractivity contribution < 1.29 is 19.7 Å². The van der Waals surface area contributed by atoms with Gasteiger partial charge in [-0.1, -0.05) is 24.3 Å². The molecule has 4 heteroatoms. The number of phenolic OH excluding ortho intramolecular Hbond substituents is 2. The van der Waals surface area contributed by atoms with Gasteiger partial charge in [-0.3, -0.25) is 0 Å². The van der Waals surface area contributed by atoms with Gasteiger partial charge in [0.1, 0.15) is 17.2 Å². The Morgan fingerprint density at radius 2 is 1.55 bits per heavy atom. The Hall–Kier alpha value is -2.46. The zero-order chi connectivity index (χ0) is 15.9. The van der Waals surface area contributed by atoms with E-state index in [0.29, 0.717) is 6.61 Å². The molecular weight excluding hydrogens is 280 g/mol. The van der Waals surface area contributed by atoms with Crippen LogP contribution in [-0.2, 0) is 4.74 Å². The van der Waals surface area contributed by atoms with Crippen LogP contribution in [0.4, 0.5) is 0 Å². The third kappa shape index (κ3) is 4.82. The number of rotatable bonds is 6. The molecule has 0 aliphatic heterocycles. The van der Waals surface area contributed by atoms with Crippen molar-refractivity contribution >= 4 is 12.2 Å². The van der Waals surface area contributed by atoms with Gasteiger partial charge in [0.15, 0.2) is 6.29 Å². The summed E-state index contributed by atoms with van der Waals surface area (Å²) in [5, 5.41) is 18.9. The minimum atomic E-state index is -0.276. The van der Waals surface area contributed by atoms with Gasteiger partial charge >= 0.3 is 0 Å². The summed E-state index contributed by atoms with van der Waals surface area (Å²) in [6.45, 7) is 4.39. The van der Waals surface area contributed by atoms with Crippen molar-refractivity contribution in [2.45, 2.75) is 20.1 Å². The average molecular weight is 300 g/mol. The van der Waals surface area contributed by atoms with Crippen LogP contribution in [0.2, 0.25) is 0 Å². The predicted octanol–water partition coefficient (Wildman–Crippen LogP) is 4.03. The Balaban J connectivity index is 2.02. The van der Waals surface area contributed by atoms with E-state index in [-0.39, 0.29) is 17.8 Å². The van der Waals surface area contributed by atoms with Gasteiger partial charge in [0, 0.05) is 12.7 Å². The Bertz CT molecular complexity index is 612. The number of aromatic hydroxyl groups is 2. The quantitative estimate of drug-likeness (QED) is 0.624. The molecule has 0 saturated heterocycles. The molecule has 2 rings (SSSR count). The Labute approximate surface area is 130 Å². The van der Waals surface area contributed by atoms with Crippen LogP contribution in [0, 0.1) is 0 Å². The molecule has 22 heavy (non-hydrogen) atoms. The normalized spacial score (nSPS) is 12.5. The van der Waals surface area contributed by atoms with Gasteiger partial charge in [0.2, 0.25) is 0 Å². The molecule has 2 aromatic carbocycles. The minimum absolute atomic E-state index is 0.0355. The van der Waals surface area contributed by atoms with E-state index in [0.717, 1.165) is 16.9 Å². The molecule has 0 aliphatic rings. The van der Waals surface area contributed by atoms with E-state index in [4.69, 9.17) is 9.47 Å². The smallest absolute Gasteiger partial charge is 0.196 e. The van der Waals surface area contributed by atoms with Gasteiger partial charge in [-0.05, 0) is 49.2 Å². The summed E-state index contributed by atoms with van der Waals surface area (Å²) >= 11 is 0. The van der Waals surface area contributed by atoms with E-state index in [1.165, 1.54) is 6.07 Å². The third-order valence-corrected chi connectivity index (χ3v) is 2.98. The topological polar surface area (TPSA) is 58.9 Å². The second-order valence-corrected chi connectivity index (χ2v) is 4.83. The molecular formula is C18H20O4. The highest BCUT2D eigenvalue weighted by atomic mass is 16.7. The van der Waals surface area contributed by atoms with Crippen molar-refractivity contribution in [3.63, 3.8) is 0 Å². The summed E-state index contributed by atoms with van der Waals surface area (Å²) in [6, 6.07) is 12.0. The molecule has 0 heterocycles. The van der Waals surface area contributed by atoms with Crippen molar-refractivity contribution in [3.8, 4) is 17.2 Å². The monoisotopic (exact) mass is 300 g/mol. The SMILES string of the molecule is CCOC(C)Oc1ccc(C=Cc2cc(O)cc(O)c2)cc1. The number of ether oxygens (including phenoxy) is 2. The molecule has 0 aromatic heterocycles. The van der Waals surface area contributed by atoms with Gasteiger partial charge < -0.3 is 19.7 Å². The van der Waals surface area contributed by atoms with Gasteiger partial charge in [-0.2, -0.15) is 0 Å². The highest BCUT2D eigenvalue weighted by molar-refractivity contribution is 5.71. The first-order chi connectivity index (χ1) is 10.6. The molecule has 0 aliphatic carbocycles. The van der Waals surface area contributed by atoms with Crippen LogP contribution in [0.1, 0.15) is 25.0 Å². The zero-order valence-corrected chi connectivity index (χ0v) is 12.7. The van der Waals surface area contributed by atoms with Gasteiger partial charge in [-0.15, -0.1) is 0 Å². The van der Waals surface area contributed by atoms with Crippen LogP contribution < -0.4 is 4.74 Å². The van der Waals surface area contributed by atoms with Gasteiger partial charge in [0.25, 0.3) is 0 Å². The molecule has 2 aromatic rings. The summed E-state index contributed by atoms with van der Waals surface area (Å²) in [6.07, 6.45) is 3.43. The molecule has 0 saturated carbocycles. The lowest BCUT2D eigenvalue weighted by Gasteiger charge is -2.14. The first-order valence-corrected chi connectivity index (χ1v) is 7.16. The van der Waals surface area contributed by atoms with Crippen molar-refractivity contribution in [2.24, 2.45) is 0 Å². The zero-order valence-electron chi connectivity index (χ0n) is 12.7. The Kier molecular flexibility index (Phi) is 5.44. The lowest BCUT2D eigenvalue weighted by Crippen LogP contribution is -2.15. The number of benzene rings is 2. The molecule has 4 nitrogen and oxygen atoms in total. The van der Waals surface area contributed by atoms with Crippen molar-refractivity contribution in [3.05, 3.63) is 53.6 Å². The van der Waals surface area contributed by atoms with E-state index >= 15 is 0 Å². The number of phenols is 2. The molecule has 0 radical (unpaired) electrons. The molecule has 2 N–H and O–H groups in total. The average Bonchev–Trinajstić information content (AvgIpc) is 2.46. The molecule has 116 valence electrons. The fourth-order valence-electron chi connectivity index (χ4n) is 2.02. The highest BCUT2D eigenvalue weighted by Gasteiger charge is 2.02. The number of hydrogen-bond acceptors (Lipinski definition) is 4. The molecule has 1 atom stereocenters. The summed E-state index contributed by atoms with van der Waals surface area (Å²) in [5.74, 6) is 0.815. The molecule has 0 spiro atoms. The van der Waals surface area contributed by atoms with Crippen molar-refractivity contribution in [1.82, 2.24) is 0 Å². The Morgan fingerprint density at radius 3 is 2.14 bits per heavy atom. The summed E-state index contributed by atoms with van der Waals surface area (Å²) in [7, 11) is 0. The second-order valence-electron chi connectivity index (χ2n) is 4.83. The molecule has 0 bridgehead atoms. The lowest BCUT2D eigenvalue weighted by atomic mass is 10.1. The first kappa shape index (κ1) is 15.9. The van der Waals surface area contributed by atoms with E-state index in [2.05, 4.69) is 0 Å². The van der Waals surface area contributed by atoms with Crippen LogP contribution in [-0.4, -0.2) is 23.1 Å². The lowest BCUT2D eigenvalue weighted by molar-refractivity contribution is -0.0613. The van der Waals surface area contributed by atoms with E-state index < -0.39 is 0 Å². The van der Waals surface area contributed by atoms with Crippen LogP contribution in [0.15, 0.2) is 42.5 Å². The van der Waals surface area contributed by atoms with E-state index in [9.17, 15) is 10.2 Å². The fourth-order valence-corrected chi connectivity index (χ4v) is 2.02. The first-order valence-electron chi connectivity index (χ1n) is 7.16. The molecule has 0 fully saturated rings. The highest BCUT2D eigenvalue weighted by Crippen LogP contribution is 2.22. The van der Waals surface area contributed by atoms with E-state index in [1.54, 1.807) is 12.1 Å². The maximum atomic E-state index is 9.43.